The Kier molecular flexibility index (Phi) is 3.76. The van der Waals surface area contributed by atoms with Gasteiger partial charge in [-0.1, -0.05) is 24.9 Å². The van der Waals surface area contributed by atoms with Gasteiger partial charge in [0.1, 0.15) is 0 Å². The lowest BCUT2D eigenvalue weighted by Gasteiger charge is -2.23. The molecule has 0 radical (unpaired) electrons. The van der Waals surface area contributed by atoms with Gasteiger partial charge in [-0.25, -0.2) is 0 Å². The number of rotatable bonds is 3. The third-order valence-electron chi connectivity index (χ3n) is 4.97. The molecule has 0 aromatic carbocycles. The molecule has 2 atom stereocenters. The lowest BCUT2D eigenvalue weighted by atomic mass is 9.83. The third kappa shape index (κ3) is 2.72. The summed E-state index contributed by atoms with van der Waals surface area (Å²) in [6.45, 7) is 2.29. The minimum atomic E-state index is -0.700. The van der Waals surface area contributed by atoms with Crippen LogP contribution in [0.2, 0.25) is 0 Å². The largest absolute Gasteiger partial charge is 0.481 e. The summed E-state index contributed by atoms with van der Waals surface area (Å²) >= 11 is 0. The molecule has 1 heterocycles. The predicted molar refractivity (Wildman–Crippen MR) is 72.4 cm³/mol. The van der Waals surface area contributed by atoms with E-state index in [9.17, 15) is 4.79 Å². The van der Waals surface area contributed by atoms with Gasteiger partial charge in [-0.3, -0.25) is 4.79 Å². The second kappa shape index (κ2) is 5.54. The fourth-order valence-corrected chi connectivity index (χ4v) is 3.53. The maximum Gasteiger partial charge on any atom is 0.306 e. The van der Waals surface area contributed by atoms with Gasteiger partial charge >= 0.3 is 5.97 Å². The van der Waals surface area contributed by atoms with Crippen LogP contribution in [0.5, 0.6) is 0 Å². The van der Waals surface area contributed by atoms with Crippen LogP contribution in [-0.4, -0.2) is 21.2 Å². The summed E-state index contributed by atoms with van der Waals surface area (Å²) in [7, 11) is 0. The molecule has 2 fully saturated rings. The molecule has 0 saturated heterocycles. The van der Waals surface area contributed by atoms with Gasteiger partial charge in [0.05, 0.1) is 5.92 Å². The quantitative estimate of drug-likeness (QED) is 0.917. The normalized spacial score (nSPS) is 34.2. The molecule has 1 N–H and O–H groups in total. The van der Waals surface area contributed by atoms with E-state index in [1.807, 2.05) is 0 Å². The van der Waals surface area contributed by atoms with Crippen LogP contribution in [0.1, 0.15) is 75.4 Å². The van der Waals surface area contributed by atoms with Crippen LogP contribution in [0, 0.1) is 11.8 Å². The second-order valence-electron chi connectivity index (χ2n) is 6.49. The van der Waals surface area contributed by atoms with Gasteiger partial charge in [-0.2, -0.15) is 4.98 Å². The maximum absolute atomic E-state index is 11.0. The SMILES string of the molecule is CC1CCC(c2noc(C3CCC(C(=O)O)C3)n2)CC1. The van der Waals surface area contributed by atoms with Gasteiger partial charge in [0.25, 0.3) is 0 Å². The number of hydrogen-bond donors (Lipinski definition) is 1. The number of carboxylic acids is 1. The molecule has 5 heteroatoms. The fourth-order valence-electron chi connectivity index (χ4n) is 3.53. The summed E-state index contributed by atoms with van der Waals surface area (Å²) in [5.41, 5.74) is 0. The van der Waals surface area contributed by atoms with Gasteiger partial charge < -0.3 is 9.63 Å². The number of carbonyl (C=O) groups is 1. The van der Waals surface area contributed by atoms with Crippen molar-refractivity contribution in [2.75, 3.05) is 0 Å². The molecule has 1 aromatic rings. The number of aliphatic carboxylic acids is 1. The highest BCUT2D eigenvalue weighted by atomic mass is 16.5. The van der Waals surface area contributed by atoms with E-state index in [2.05, 4.69) is 17.1 Å². The molecule has 2 unspecified atom stereocenters. The Labute approximate surface area is 118 Å². The first-order chi connectivity index (χ1) is 9.63. The molecule has 0 amide bonds. The summed E-state index contributed by atoms with van der Waals surface area (Å²) in [4.78, 5) is 15.6. The predicted octanol–water partition coefficient (Wildman–Crippen LogP) is 3.33. The molecule has 1 aromatic heterocycles. The van der Waals surface area contributed by atoms with E-state index < -0.39 is 5.97 Å². The summed E-state index contributed by atoms with van der Waals surface area (Å²) in [5.74, 6) is 1.93. The first-order valence-corrected chi connectivity index (χ1v) is 7.69. The van der Waals surface area contributed by atoms with Crippen molar-refractivity contribution in [2.45, 2.75) is 63.7 Å². The molecule has 20 heavy (non-hydrogen) atoms. The Hall–Kier alpha value is -1.39. The minimum Gasteiger partial charge on any atom is -0.481 e. The van der Waals surface area contributed by atoms with Gasteiger partial charge in [-0.15, -0.1) is 0 Å². The van der Waals surface area contributed by atoms with Crippen LogP contribution in [0.25, 0.3) is 0 Å². The van der Waals surface area contributed by atoms with E-state index in [-0.39, 0.29) is 11.8 Å². The van der Waals surface area contributed by atoms with Crippen molar-refractivity contribution in [3.05, 3.63) is 11.7 Å². The molecule has 2 saturated carbocycles. The molecule has 3 rings (SSSR count). The van der Waals surface area contributed by atoms with Crippen LogP contribution in [0.3, 0.4) is 0 Å². The minimum absolute atomic E-state index is 0.139. The monoisotopic (exact) mass is 278 g/mol. The van der Waals surface area contributed by atoms with Crippen molar-refractivity contribution in [3.8, 4) is 0 Å². The van der Waals surface area contributed by atoms with E-state index in [1.165, 1.54) is 12.8 Å². The van der Waals surface area contributed by atoms with Gasteiger partial charge in [-0.05, 0) is 38.0 Å². The Morgan fingerprint density at radius 3 is 2.50 bits per heavy atom. The van der Waals surface area contributed by atoms with Crippen LogP contribution >= 0.6 is 0 Å². The van der Waals surface area contributed by atoms with Crippen LogP contribution in [0.15, 0.2) is 4.52 Å². The average molecular weight is 278 g/mol. The summed E-state index contributed by atoms with van der Waals surface area (Å²) in [6.07, 6.45) is 6.96. The van der Waals surface area contributed by atoms with E-state index in [4.69, 9.17) is 9.63 Å². The standard InChI is InChI=1S/C15H22N2O3/c1-9-2-4-10(5-3-9)13-16-14(20-17-13)11-6-7-12(8-11)15(18)19/h9-12H,2-8H2,1H3,(H,18,19). The Morgan fingerprint density at radius 2 is 1.85 bits per heavy atom. The first kappa shape index (κ1) is 13.6. The van der Waals surface area contributed by atoms with Gasteiger partial charge in [0.2, 0.25) is 5.89 Å². The zero-order valence-corrected chi connectivity index (χ0v) is 11.9. The van der Waals surface area contributed by atoms with E-state index in [0.717, 1.165) is 37.4 Å². The van der Waals surface area contributed by atoms with Crippen molar-refractivity contribution < 1.29 is 14.4 Å². The zero-order valence-electron chi connectivity index (χ0n) is 11.9. The van der Waals surface area contributed by atoms with Crippen molar-refractivity contribution in [3.63, 3.8) is 0 Å². The molecule has 0 bridgehead atoms. The topological polar surface area (TPSA) is 76.2 Å². The lowest BCUT2D eigenvalue weighted by molar-refractivity contribution is -0.141. The van der Waals surface area contributed by atoms with Crippen molar-refractivity contribution in [2.24, 2.45) is 11.8 Å². The molecular formula is C15H22N2O3. The molecule has 110 valence electrons. The lowest BCUT2D eigenvalue weighted by Crippen LogP contribution is -2.12. The summed E-state index contributed by atoms with van der Waals surface area (Å²) in [6, 6.07) is 0. The number of carboxylic acid groups (broad SMARTS) is 1. The third-order valence-corrected chi connectivity index (χ3v) is 4.97. The van der Waals surface area contributed by atoms with Crippen LogP contribution in [0.4, 0.5) is 0 Å². The van der Waals surface area contributed by atoms with E-state index in [0.29, 0.717) is 18.2 Å². The highest BCUT2D eigenvalue weighted by Crippen LogP contribution is 2.39. The molecule has 5 nitrogen and oxygen atoms in total. The summed E-state index contributed by atoms with van der Waals surface area (Å²) < 4.78 is 5.40. The summed E-state index contributed by atoms with van der Waals surface area (Å²) in [5, 5.41) is 13.2. The Morgan fingerprint density at radius 1 is 1.15 bits per heavy atom. The number of hydrogen-bond acceptors (Lipinski definition) is 4. The second-order valence-corrected chi connectivity index (χ2v) is 6.49. The van der Waals surface area contributed by atoms with Crippen molar-refractivity contribution >= 4 is 5.97 Å². The first-order valence-electron chi connectivity index (χ1n) is 7.69. The van der Waals surface area contributed by atoms with Crippen molar-refractivity contribution in [1.82, 2.24) is 10.1 Å². The number of aromatic nitrogens is 2. The highest BCUT2D eigenvalue weighted by molar-refractivity contribution is 5.70. The molecule has 0 spiro atoms. The zero-order chi connectivity index (χ0) is 14.1. The van der Waals surface area contributed by atoms with Gasteiger partial charge in [0, 0.05) is 11.8 Å². The van der Waals surface area contributed by atoms with Crippen molar-refractivity contribution in [1.29, 1.82) is 0 Å². The maximum atomic E-state index is 11.0. The van der Waals surface area contributed by atoms with E-state index >= 15 is 0 Å². The highest BCUT2D eigenvalue weighted by Gasteiger charge is 2.34. The van der Waals surface area contributed by atoms with Gasteiger partial charge in [0.15, 0.2) is 5.82 Å². The smallest absolute Gasteiger partial charge is 0.306 e. The molecular weight excluding hydrogens is 256 g/mol. The Balaban J connectivity index is 1.64. The fraction of sp³-hybridized carbons (Fsp3) is 0.800. The van der Waals surface area contributed by atoms with Crippen LogP contribution in [-0.2, 0) is 4.79 Å². The molecule has 0 aliphatic heterocycles. The van der Waals surface area contributed by atoms with E-state index in [1.54, 1.807) is 0 Å². The Bertz CT molecular complexity index is 477. The number of nitrogens with zero attached hydrogens (tertiary/aromatic N) is 2. The average Bonchev–Trinajstić information content (AvgIpc) is 3.08. The van der Waals surface area contributed by atoms with Crippen LogP contribution < -0.4 is 0 Å². The molecule has 2 aliphatic rings. The molecule has 2 aliphatic carbocycles.